The minimum absolute atomic E-state index is 0.0988. The van der Waals surface area contributed by atoms with Crippen molar-refractivity contribution >= 4 is 5.91 Å². The van der Waals surface area contributed by atoms with E-state index in [-0.39, 0.29) is 17.4 Å². The number of nitrogens with one attached hydrogen (secondary N) is 1. The topological polar surface area (TPSA) is 41.6 Å². The van der Waals surface area contributed by atoms with Gasteiger partial charge in [-0.1, -0.05) is 64.1 Å². The van der Waals surface area contributed by atoms with Crippen LogP contribution >= 0.6 is 0 Å². The number of likely N-dealkylation sites (N-methyl/N-ethyl adjacent to an activating group) is 1. The molecule has 0 spiro atoms. The number of rotatable bonds is 8. The van der Waals surface area contributed by atoms with Gasteiger partial charge in [-0.3, -0.25) is 4.79 Å². The molecule has 2 aromatic rings. The molecular formula is C24H34N2O2. The molecule has 28 heavy (non-hydrogen) atoms. The molecule has 0 bridgehead atoms. The summed E-state index contributed by atoms with van der Waals surface area (Å²) in [5.74, 6) is 0.530. The Morgan fingerprint density at radius 1 is 1.07 bits per heavy atom. The third-order valence-corrected chi connectivity index (χ3v) is 4.83. The van der Waals surface area contributed by atoms with Gasteiger partial charge in [-0.05, 0) is 49.2 Å². The molecule has 1 N–H and O–H groups in total. The van der Waals surface area contributed by atoms with E-state index in [0.717, 1.165) is 6.42 Å². The number of hydrogen-bond acceptors (Lipinski definition) is 3. The van der Waals surface area contributed by atoms with E-state index in [1.54, 1.807) is 0 Å². The van der Waals surface area contributed by atoms with Crippen LogP contribution in [0.2, 0.25) is 0 Å². The fraction of sp³-hybridized carbons (Fsp3) is 0.458. The van der Waals surface area contributed by atoms with Crippen molar-refractivity contribution in [1.82, 2.24) is 10.2 Å². The number of nitrogens with zero attached hydrogens (tertiary/aromatic N) is 1. The summed E-state index contributed by atoms with van der Waals surface area (Å²) in [5.41, 5.74) is 3.20. The Bertz CT molecular complexity index is 761. The van der Waals surface area contributed by atoms with Gasteiger partial charge in [-0.2, -0.15) is 0 Å². The second-order valence-corrected chi connectivity index (χ2v) is 8.41. The molecule has 2 aromatic carbocycles. The third kappa shape index (κ3) is 5.83. The molecular weight excluding hydrogens is 348 g/mol. The van der Waals surface area contributed by atoms with Gasteiger partial charge in [-0.15, -0.1) is 0 Å². The van der Waals surface area contributed by atoms with Gasteiger partial charge in [-0.25, -0.2) is 0 Å². The van der Waals surface area contributed by atoms with Crippen molar-refractivity contribution in [2.75, 3.05) is 27.2 Å². The molecule has 2 rings (SSSR count). The molecule has 0 aliphatic rings. The number of amides is 1. The molecule has 0 fully saturated rings. The zero-order valence-corrected chi connectivity index (χ0v) is 18.1. The number of para-hydroxylation sites is 1. The van der Waals surface area contributed by atoms with Crippen LogP contribution < -0.4 is 10.1 Å². The first-order chi connectivity index (χ1) is 13.2. The molecule has 0 saturated carbocycles. The molecule has 4 heteroatoms. The van der Waals surface area contributed by atoms with Crippen molar-refractivity contribution in [2.24, 2.45) is 0 Å². The van der Waals surface area contributed by atoms with Crippen molar-refractivity contribution in [3.05, 3.63) is 65.2 Å². The van der Waals surface area contributed by atoms with Crippen LogP contribution in [0.4, 0.5) is 0 Å². The van der Waals surface area contributed by atoms with Gasteiger partial charge in [0.15, 0.2) is 0 Å². The monoisotopic (exact) mass is 382 g/mol. The molecule has 0 aromatic heterocycles. The van der Waals surface area contributed by atoms with Crippen molar-refractivity contribution < 1.29 is 9.53 Å². The van der Waals surface area contributed by atoms with Gasteiger partial charge in [0, 0.05) is 6.54 Å². The predicted molar refractivity (Wildman–Crippen MR) is 116 cm³/mol. The largest absolute Gasteiger partial charge is 0.493 e. The number of hydrogen-bond donors (Lipinski definition) is 1. The van der Waals surface area contributed by atoms with E-state index in [9.17, 15) is 4.79 Å². The lowest BCUT2D eigenvalue weighted by molar-refractivity contribution is 0.0938. The lowest BCUT2D eigenvalue weighted by Gasteiger charge is -2.26. The van der Waals surface area contributed by atoms with E-state index in [4.69, 9.17) is 4.74 Å². The lowest BCUT2D eigenvalue weighted by atomic mass is 9.86. The third-order valence-electron chi connectivity index (χ3n) is 4.83. The van der Waals surface area contributed by atoms with E-state index in [1.165, 1.54) is 11.1 Å². The summed E-state index contributed by atoms with van der Waals surface area (Å²) < 4.78 is 5.72. The highest BCUT2D eigenvalue weighted by molar-refractivity contribution is 5.96. The normalized spacial score (nSPS) is 12.7. The van der Waals surface area contributed by atoms with Crippen molar-refractivity contribution in [3.8, 4) is 5.75 Å². The SMILES string of the molecule is CCCOc1ccccc1C(=O)NCC(c1ccc(C(C)(C)C)cc1)N(C)C. The maximum absolute atomic E-state index is 12.8. The summed E-state index contributed by atoms with van der Waals surface area (Å²) in [6, 6.07) is 16.2. The Kier molecular flexibility index (Phi) is 7.64. The minimum atomic E-state index is -0.107. The van der Waals surface area contributed by atoms with Crippen LogP contribution in [0.15, 0.2) is 48.5 Å². The summed E-state index contributed by atoms with van der Waals surface area (Å²) in [5, 5.41) is 3.08. The van der Waals surface area contributed by atoms with Crippen LogP contribution in [0.5, 0.6) is 5.75 Å². The summed E-state index contributed by atoms with van der Waals surface area (Å²) in [6.07, 6.45) is 0.906. The van der Waals surface area contributed by atoms with Crippen molar-refractivity contribution in [3.63, 3.8) is 0 Å². The second kappa shape index (κ2) is 9.74. The van der Waals surface area contributed by atoms with Crippen LogP contribution in [0.1, 0.15) is 61.6 Å². The molecule has 0 saturated heterocycles. The fourth-order valence-electron chi connectivity index (χ4n) is 3.08. The van der Waals surface area contributed by atoms with Gasteiger partial charge >= 0.3 is 0 Å². The Labute approximate surface area is 169 Å². The zero-order valence-electron chi connectivity index (χ0n) is 18.1. The highest BCUT2D eigenvalue weighted by Gasteiger charge is 2.19. The summed E-state index contributed by atoms with van der Waals surface area (Å²) in [7, 11) is 4.07. The average molecular weight is 383 g/mol. The van der Waals surface area contributed by atoms with Gasteiger partial charge in [0.2, 0.25) is 0 Å². The Morgan fingerprint density at radius 3 is 2.29 bits per heavy atom. The molecule has 152 valence electrons. The van der Waals surface area contributed by atoms with Crippen LogP contribution in [-0.2, 0) is 5.41 Å². The summed E-state index contributed by atoms with van der Waals surface area (Å²) in [4.78, 5) is 14.9. The van der Waals surface area contributed by atoms with E-state index >= 15 is 0 Å². The molecule has 0 heterocycles. The first-order valence-electron chi connectivity index (χ1n) is 10.0. The van der Waals surface area contributed by atoms with E-state index < -0.39 is 0 Å². The average Bonchev–Trinajstić information content (AvgIpc) is 2.66. The van der Waals surface area contributed by atoms with Crippen LogP contribution in [-0.4, -0.2) is 38.1 Å². The van der Waals surface area contributed by atoms with Gasteiger partial charge in [0.1, 0.15) is 5.75 Å². The lowest BCUT2D eigenvalue weighted by Crippen LogP contribution is -2.34. The molecule has 4 nitrogen and oxygen atoms in total. The van der Waals surface area contributed by atoms with Crippen LogP contribution in [0.25, 0.3) is 0 Å². The molecule has 1 amide bonds. The van der Waals surface area contributed by atoms with Gasteiger partial charge in [0.25, 0.3) is 5.91 Å². The van der Waals surface area contributed by atoms with Crippen LogP contribution in [0, 0.1) is 0 Å². The van der Waals surface area contributed by atoms with Crippen molar-refractivity contribution in [1.29, 1.82) is 0 Å². The Balaban J connectivity index is 2.11. The van der Waals surface area contributed by atoms with E-state index in [2.05, 4.69) is 62.2 Å². The number of carbonyl (C=O) groups excluding carboxylic acids is 1. The first kappa shape index (κ1) is 22.0. The summed E-state index contributed by atoms with van der Waals surface area (Å²) in [6.45, 7) is 9.82. The fourth-order valence-corrected chi connectivity index (χ4v) is 3.08. The Hall–Kier alpha value is -2.33. The zero-order chi connectivity index (χ0) is 20.7. The van der Waals surface area contributed by atoms with Gasteiger partial charge < -0.3 is 15.0 Å². The van der Waals surface area contributed by atoms with Gasteiger partial charge in [0.05, 0.1) is 18.2 Å². The smallest absolute Gasteiger partial charge is 0.255 e. The first-order valence-corrected chi connectivity index (χ1v) is 10.0. The second-order valence-electron chi connectivity index (χ2n) is 8.41. The highest BCUT2D eigenvalue weighted by Crippen LogP contribution is 2.25. The van der Waals surface area contributed by atoms with E-state index in [0.29, 0.717) is 24.5 Å². The van der Waals surface area contributed by atoms with Crippen molar-refractivity contribution in [2.45, 2.75) is 45.6 Å². The maximum atomic E-state index is 12.8. The summed E-state index contributed by atoms with van der Waals surface area (Å²) >= 11 is 0. The molecule has 0 aliphatic carbocycles. The molecule has 0 radical (unpaired) electrons. The maximum Gasteiger partial charge on any atom is 0.255 e. The minimum Gasteiger partial charge on any atom is -0.493 e. The number of carbonyl (C=O) groups is 1. The van der Waals surface area contributed by atoms with Crippen LogP contribution in [0.3, 0.4) is 0 Å². The van der Waals surface area contributed by atoms with E-state index in [1.807, 2.05) is 38.4 Å². The molecule has 1 unspecified atom stereocenters. The molecule has 0 aliphatic heterocycles. The number of benzene rings is 2. The quantitative estimate of drug-likeness (QED) is 0.713. The number of ether oxygens (including phenoxy) is 1. The standard InChI is InChI=1S/C24H34N2O2/c1-7-16-28-22-11-9-8-10-20(22)23(27)25-17-21(26(5)6)18-12-14-19(15-13-18)24(2,3)4/h8-15,21H,7,16-17H2,1-6H3,(H,25,27). The molecule has 1 atom stereocenters. The predicted octanol–water partition coefficient (Wildman–Crippen LogP) is 4.81. The highest BCUT2D eigenvalue weighted by atomic mass is 16.5. The Morgan fingerprint density at radius 2 is 1.71 bits per heavy atom.